The predicted molar refractivity (Wildman–Crippen MR) is 78.7 cm³/mol. The first-order valence-electron chi connectivity index (χ1n) is 5.62. The number of thiazole rings is 1. The number of hydrogen-bond acceptors (Lipinski definition) is 2. The summed E-state index contributed by atoms with van der Waals surface area (Å²) in [6, 6.07) is 8.34. The quantitative estimate of drug-likeness (QED) is 0.707. The minimum atomic E-state index is 0.128. The molecule has 2 rings (SSSR count). The second kappa shape index (κ2) is 4.54. The molecule has 90 valence electrons. The molecule has 1 aromatic heterocycles. The lowest BCUT2D eigenvalue weighted by atomic mass is 9.98. The highest BCUT2D eigenvalue weighted by atomic mass is 79.9. The molecular weight excluding hydrogens is 294 g/mol. The van der Waals surface area contributed by atoms with E-state index in [2.05, 4.69) is 67.9 Å². The van der Waals surface area contributed by atoms with Crippen LogP contribution in [0.25, 0.3) is 11.3 Å². The Balaban J connectivity index is 2.46. The van der Waals surface area contributed by atoms with Crippen molar-refractivity contribution in [2.24, 2.45) is 0 Å². The van der Waals surface area contributed by atoms with Crippen molar-refractivity contribution in [2.75, 3.05) is 0 Å². The molecule has 0 aliphatic carbocycles. The molecule has 0 N–H and O–H groups in total. The molecule has 0 bridgehead atoms. The second-order valence-corrected chi connectivity index (χ2v) is 7.30. The van der Waals surface area contributed by atoms with Crippen LogP contribution in [0.3, 0.4) is 0 Å². The highest BCUT2D eigenvalue weighted by Crippen LogP contribution is 2.34. The minimum Gasteiger partial charge on any atom is -0.240 e. The van der Waals surface area contributed by atoms with E-state index < -0.39 is 0 Å². The summed E-state index contributed by atoms with van der Waals surface area (Å²) in [5.41, 5.74) is 2.44. The van der Waals surface area contributed by atoms with Crippen molar-refractivity contribution in [3.63, 3.8) is 0 Å². The summed E-state index contributed by atoms with van der Waals surface area (Å²) in [6.45, 7) is 8.76. The van der Waals surface area contributed by atoms with Crippen LogP contribution in [0.1, 0.15) is 30.7 Å². The molecule has 0 fully saturated rings. The Morgan fingerprint density at radius 1 is 1.12 bits per heavy atom. The summed E-state index contributed by atoms with van der Waals surface area (Å²) < 4.78 is 1.10. The highest BCUT2D eigenvalue weighted by molar-refractivity contribution is 9.10. The molecule has 17 heavy (non-hydrogen) atoms. The maximum absolute atomic E-state index is 4.78. The van der Waals surface area contributed by atoms with E-state index in [1.807, 2.05) is 0 Å². The van der Waals surface area contributed by atoms with Crippen molar-refractivity contribution in [2.45, 2.75) is 33.1 Å². The van der Waals surface area contributed by atoms with Crippen molar-refractivity contribution in [3.05, 3.63) is 38.6 Å². The third-order valence-electron chi connectivity index (χ3n) is 2.56. The standard InChI is InChI=1S/C14H16BrNS/c1-9-12(10-5-7-11(15)8-6-10)16-13(17-9)14(2,3)4/h5-8H,1-4H3. The van der Waals surface area contributed by atoms with Crippen LogP contribution >= 0.6 is 27.3 Å². The summed E-state index contributed by atoms with van der Waals surface area (Å²) in [5, 5.41) is 1.20. The van der Waals surface area contributed by atoms with Gasteiger partial charge in [0.15, 0.2) is 0 Å². The zero-order valence-electron chi connectivity index (χ0n) is 10.5. The van der Waals surface area contributed by atoms with Gasteiger partial charge in [0, 0.05) is 20.3 Å². The number of halogens is 1. The van der Waals surface area contributed by atoms with Crippen LogP contribution in [0, 0.1) is 6.92 Å². The molecule has 1 heterocycles. The highest BCUT2D eigenvalue weighted by Gasteiger charge is 2.20. The SMILES string of the molecule is Cc1sc(C(C)(C)C)nc1-c1ccc(Br)cc1. The molecule has 0 saturated heterocycles. The first kappa shape index (κ1) is 12.8. The first-order valence-corrected chi connectivity index (χ1v) is 7.23. The summed E-state index contributed by atoms with van der Waals surface area (Å²) in [6.07, 6.45) is 0. The largest absolute Gasteiger partial charge is 0.240 e. The number of hydrogen-bond donors (Lipinski definition) is 0. The van der Waals surface area contributed by atoms with Gasteiger partial charge in [0.2, 0.25) is 0 Å². The van der Waals surface area contributed by atoms with Gasteiger partial charge in [0.1, 0.15) is 0 Å². The Kier molecular flexibility index (Phi) is 3.41. The summed E-state index contributed by atoms with van der Waals surface area (Å²) >= 11 is 5.25. The molecule has 2 aromatic rings. The van der Waals surface area contributed by atoms with Gasteiger partial charge in [-0.2, -0.15) is 0 Å². The molecule has 0 radical (unpaired) electrons. The van der Waals surface area contributed by atoms with Crippen LogP contribution in [0.4, 0.5) is 0 Å². The summed E-state index contributed by atoms with van der Waals surface area (Å²) in [4.78, 5) is 6.07. The Morgan fingerprint density at radius 2 is 1.71 bits per heavy atom. The number of benzene rings is 1. The second-order valence-electron chi connectivity index (χ2n) is 5.18. The van der Waals surface area contributed by atoms with Gasteiger partial charge in [-0.3, -0.25) is 0 Å². The smallest absolute Gasteiger partial charge is 0.0988 e. The summed E-state index contributed by atoms with van der Waals surface area (Å²) in [7, 11) is 0. The molecule has 1 nitrogen and oxygen atoms in total. The van der Waals surface area contributed by atoms with Crippen molar-refractivity contribution in [1.29, 1.82) is 0 Å². The third kappa shape index (κ3) is 2.78. The van der Waals surface area contributed by atoms with E-state index in [9.17, 15) is 0 Å². The van der Waals surface area contributed by atoms with E-state index in [0.717, 1.165) is 10.2 Å². The molecule has 0 atom stereocenters. The fraction of sp³-hybridized carbons (Fsp3) is 0.357. The normalized spacial score (nSPS) is 11.8. The zero-order valence-corrected chi connectivity index (χ0v) is 12.9. The van der Waals surface area contributed by atoms with Crippen LogP contribution in [-0.2, 0) is 5.41 Å². The van der Waals surface area contributed by atoms with Crippen LogP contribution in [0.5, 0.6) is 0 Å². The number of aromatic nitrogens is 1. The van der Waals surface area contributed by atoms with Crippen LogP contribution in [0.15, 0.2) is 28.7 Å². The number of rotatable bonds is 1. The van der Waals surface area contributed by atoms with Gasteiger partial charge in [-0.15, -0.1) is 11.3 Å². The molecule has 0 amide bonds. The van der Waals surface area contributed by atoms with Gasteiger partial charge in [0.25, 0.3) is 0 Å². The van der Waals surface area contributed by atoms with Crippen LogP contribution in [0.2, 0.25) is 0 Å². The number of aryl methyl sites for hydroxylation is 1. The van der Waals surface area contributed by atoms with Gasteiger partial charge < -0.3 is 0 Å². The lowest BCUT2D eigenvalue weighted by Crippen LogP contribution is -2.10. The van der Waals surface area contributed by atoms with Crippen molar-refractivity contribution in [3.8, 4) is 11.3 Å². The fourth-order valence-corrected chi connectivity index (χ4v) is 2.85. The first-order chi connectivity index (χ1) is 7.88. The van der Waals surface area contributed by atoms with Gasteiger partial charge in [-0.1, -0.05) is 48.8 Å². The maximum atomic E-state index is 4.78. The topological polar surface area (TPSA) is 12.9 Å². The molecule has 0 spiro atoms. The zero-order chi connectivity index (χ0) is 12.6. The van der Waals surface area contributed by atoms with Crippen LogP contribution in [-0.4, -0.2) is 4.98 Å². The Bertz CT molecular complexity index is 520. The summed E-state index contributed by atoms with van der Waals surface area (Å²) in [5.74, 6) is 0. The maximum Gasteiger partial charge on any atom is 0.0988 e. The minimum absolute atomic E-state index is 0.128. The Labute approximate surface area is 115 Å². The van der Waals surface area contributed by atoms with Gasteiger partial charge >= 0.3 is 0 Å². The molecule has 0 unspecified atom stereocenters. The average molecular weight is 310 g/mol. The van der Waals surface area contributed by atoms with Crippen molar-refractivity contribution in [1.82, 2.24) is 4.98 Å². The van der Waals surface area contributed by atoms with E-state index >= 15 is 0 Å². The predicted octanol–water partition coefficient (Wildman–Crippen LogP) is 5.18. The molecule has 0 aliphatic rings. The molecule has 0 saturated carbocycles. The van der Waals surface area contributed by atoms with Crippen molar-refractivity contribution < 1.29 is 0 Å². The average Bonchev–Trinajstić information content (AvgIpc) is 2.61. The number of nitrogens with zero attached hydrogens (tertiary/aromatic N) is 1. The third-order valence-corrected chi connectivity index (χ3v) is 4.48. The van der Waals surface area contributed by atoms with Gasteiger partial charge in [0.05, 0.1) is 10.7 Å². The molecule has 0 aliphatic heterocycles. The Morgan fingerprint density at radius 3 is 2.18 bits per heavy atom. The monoisotopic (exact) mass is 309 g/mol. The van der Waals surface area contributed by atoms with E-state index in [-0.39, 0.29) is 5.41 Å². The van der Waals surface area contributed by atoms with E-state index in [0.29, 0.717) is 0 Å². The molecular formula is C14H16BrNS. The van der Waals surface area contributed by atoms with E-state index in [1.165, 1.54) is 15.4 Å². The van der Waals surface area contributed by atoms with Gasteiger partial charge in [-0.25, -0.2) is 4.98 Å². The van der Waals surface area contributed by atoms with Crippen LogP contribution < -0.4 is 0 Å². The molecule has 1 aromatic carbocycles. The fourth-order valence-electron chi connectivity index (χ4n) is 1.59. The van der Waals surface area contributed by atoms with Crippen molar-refractivity contribution >= 4 is 27.3 Å². The Hall–Kier alpha value is -0.670. The lowest BCUT2D eigenvalue weighted by Gasteiger charge is -2.13. The lowest BCUT2D eigenvalue weighted by molar-refractivity contribution is 0.586. The molecule has 3 heteroatoms. The van der Waals surface area contributed by atoms with Gasteiger partial charge in [-0.05, 0) is 19.1 Å². The van der Waals surface area contributed by atoms with E-state index in [1.54, 1.807) is 11.3 Å². The van der Waals surface area contributed by atoms with E-state index in [4.69, 9.17) is 4.98 Å².